The van der Waals surface area contributed by atoms with Gasteiger partial charge in [-0.2, -0.15) is 0 Å². The van der Waals surface area contributed by atoms with Gasteiger partial charge in [0.25, 0.3) is 0 Å². The van der Waals surface area contributed by atoms with E-state index >= 15 is 0 Å². The second-order valence-electron chi connectivity index (χ2n) is 8.05. The molecule has 6 heteroatoms. The molecule has 0 radical (unpaired) electrons. The molecule has 4 rings (SSSR count). The molecule has 0 saturated carbocycles. The smallest absolute Gasteiger partial charge is 0.238 e. The summed E-state index contributed by atoms with van der Waals surface area (Å²) in [5.41, 5.74) is 5.43. The molecule has 1 aromatic heterocycles. The highest BCUT2D eigenvalue weighted by molar-refractivity contribution is 5.92. The number of benzene rings is 2. The van der Waals surface area contributed by atoms with Crippen LogP contribution in [0.3, 0.4) is 0 Å². The highest BCUT2D eigenvalue weighted by Crippen LogP contribution is 2.17. The first-order valence-corrected chi connectivity index (χ1v) is 10.2. The van der Waals surface area contributed by atoms with E-state index in [4.69, 9.17) is 4.98 Å². The van der Waals surface area contributed by atoms with Gasteiger partial charge in [0, 0.05) is 38.9 Å². The van der Waals surface area contributed by atoms with Crippen LogP contribution in [0, 0.1) is 13.8 Å². The lowest BCUT2D eigenvalue weighted by atomic mass is 10.1. The van der Waals surface area contributed by atoms with Gasteiger partial charge >= 0.3 is 0 Å². The Morgan fingerprint density at radius 2 is 1.66 bits per heavy atom. The van der Waals surface area contributed by atoms with E-state index in [1.807, 2.05) is 32.0 Å². The number of hydrogen-bond donors (Lipinski definition) is 1. The molecule has 6 nitrogen and oxygen atoms in total. The van der Waals surface area contributed by atoms with Crippen molar-refractivity contribution < 1.29 is 4.79 Å². The number of fused-ring (bicyclic) bond motifs is 1. The molecule has 0 bridgehead atoms. The first kappa shape index (κ1) is 19.6. The third-order valence-electron chi connectivity index (χ3n) is 5.58. The Morgan fingerprint density at radius 1 is 1.00 bits per heavy atom. The number of rotatable bonds is 5. The van der Waals surface area contributed by atoms with E-state index in [0.717, 1.165) is 60.9 Å². The van der Waals surface area contributed by atoms with Crippen LogP contribution < -0.4 is 5.32 Å². The number of para-hydroxylation sites is 2. The average Bonchev–Trinajstić information content (AvgIpc) is 2.98. The van der Waals surface area contributed by atoms with Crippen molar-refractivity contribution in [2.24, 2.45) is 7.05 Å². The normalized spacial score (nSPS) is 15.7. The molecular formula is C23H29N5O. The van der Waals surface area contributed by atoms with Crippen LogP contribution in [0.4, 0.5) is 5.69 Å². The van der Waals surface area contributed by atoms with Gasteiger partial charge in [-0.15, -0.1) is 0 Å². The molecule has 29 heavy (non-hydrogen) atoms. The van der Waals surface area contributed by atoms with Gasteiger partial charge in [-0.25, -0.2) is 4.98 Å². The molecule has 1 aliphatic heterocycles. The van der Waals surface area contributed by atoms with Crippen molar-refractivity contribution in [1.29, 1.82) is 0 Å². The van der Waals surface area contributed by atoms with Gasteiger partial charge in [-0.05, 0) is 49.2 Å². The quantitative estimate of drug-likeness (QED) is 0.727. The predicted octanol–water partition coefficient (Wildman–Crippen LogP) is 2.95. The van der Waals surface area contributed by atoms with Crippen molar-refractivity contribution >= 4 is 22.6 Å². The SMILES string of the molecule is Cc1cc(C)cc(NC(=O)CN2CCN(Cc3nc4ccccc4n3C)CC2)c1. The van der Waals surface area contributed by atoms with Gasteiger partial charge in [-0.3, -0.25) is 14.6 Å². The Kier molecular flexibility index (Phi) is 5.65. The maximum atomic E-state index is 12.4. The van der Waals surface area contributed by atoms with Crippen LogP contribution in [0.2, 0.25) is 0 Å². The van der Waals surface area contributed by atoms with Gasteiger partial charge in [0.05, 0.1) is 24.1 Å². The fourth-order valence-corrected chi connectivity index (χ4v) is 4.09. The van der Waals surface area contributed by atoms with Crippen LogP contribution in [-0.4, -0.2) is 58.0 Å². The zero-order valence-electron chi connectivity index (χ0n) is 17.5. The van der Waals surface area contributed by atoms with Gasteiger partial charge in [0.1, 0.15) is 5.82 Å². The lowest BCUT2D eigenvalue weighted by Crippen LogP contribution is -2.48. The minimum atomic E-state index is 0.0544. The summed E-state index contributed by atoms with van der Waals surface area (Å²) in [6, 6.07) is 14.4. The fourth-order valence-electron chi connectivity index (χ4n) is 4.09. The van der Waals surface area contributed by atoms with Crippen molar-refractivity contribution in [3.63, 3.8) is 0 Å². The van der Waals surface area contributed by atoms with Crippen molar-refractivity contribution in [2.45, 2.75) is 20.4 Å². The summed E-state index contributed by atoms with van der Waals surface area (Å²) < 4.78 is 2.18. The maximum absolute atomic E-state index is 12.4. The minimum Gasteiger partial charge on any atom is -0.330 e. The number of imidazole rings is 1. The van der Waals surface area contributed by atoms with Gasteiger partial charge in [0.15, 0.2) is 0 Å². The topological polar surface area (TPSA) is 53.4 Å². The van der Waals surface area contributed by atoms with E-state index < -0.39 is 0 Å². The number of piperazine rings is 1. The second-order valence-corrected chi connectivity index (χ2v) is 8.05. The van der Waals surface area contributed by atoms with Crippen molar-refractivity contribution in [3.05, 3.63) is 59.4 Å². The summed E-state index contributed by atoms with van der Waals surface area (Å²) in [6.07, 6.45) is 0. The third kappa shape index (κ3) is 4.66. The molecule has 0 spiro atoms. The number of amides is 1. The molecule has 2 heterocycles. The van der Waals surface area contributed by atoms with Crippen LogP contribution in [0.5, 0.6) is 0 Å². The standard InChI is InChI=1S/C23H29N5O/c1-17-12-18(2)14-19(13-17)24-23(29)16-28-10-8-27(9-11-28)15-22-25-20-6-4-5-7-21(20)26(22)3/h4-7,12-14H,8-11,15-16H2,1-3H3,(H,24,29). The van der Waals surface area contributed by atoms with Crippen LogP contribution in [0.1, 0.15) is 17.0 Å². The van der Waals surface area contributed by atoms with E-state index in [2.05, 4.69) is 51.0 Å². The van der Waals surface area contributed by atoms with Gasteiger partial charge in [0.2, 0.25) is 5.91 Å². The first-order chi connectivity index (χ1) is 14.0. The van der Waals surface area contributed by atoms with Crippen LogP contribution in [-0.2, 0) is 18.4 Å². The van der Waals surface area contributed by atoms with Crippen LogP contribution >= 0.6 is 0 Å². The highest BCUT2D eigenvalue weighted by atomic mass is 16.2. The predicted molar refractivity (Wildman–Crippen MR) is 117 cm³/mol. The molecule has 152 valence electrons. The molecule has 1 amide bonds. The molecule has 1 saturated heterocycles. The number of carbonyl (C=O) groups excluding carboxylic acids is 1. The lowest BCUT2D eigenvalue weighted by Gasteiger charge is -2.34. The Balaban J connectivity index is 1.28. The van der Waals surface area contributed by atoms with Crippen molar-refractivity contribution in [2.75, 3.05) is 38.0 Å². The fraction of sp³-hybridized carbons (Fsp3) is 0.391. The summed E-state index contributed by atoms with van der Waals surface area (Å²) in [5.74, 6) is 1.14. The Hall–Kier alpha value is -2.70. The average molecular weight is 392 g/mol. The van der Waals surface area contributed by atoms with E-state index in [1.54, 1.807) is 0 Å². The first-order valence-electron chi connectivity index (χ1n) is 10.2. The minimum absolute atomic E-state index is 0.0544. The van der Waals surface area contributed by atoms with Gasteiger partial charge in [-0.1, -0.05) is 18.2 Å². The Labute approximate surface area is 172 Å². The molecule has 1 aliphatic rings. The zero-order chi connectivity index (χ0) is 20.4. The zero-order valence-corrected chi connectivity index (χ0v) is 17.5. The van der Waals surface area contributed by atoms with E-state index in [1.165, 1.54) is 5.52 Å². The number of anilines is 1. The van der Waals surface area contributed by atoms with E-state index in [9.17, 15) is 4.79 Å². The van der Waals surface area contributed by atoms with Crippen molar-refractivity contribution in [3.8, 4) is 0 Å². The number of hydrogen-bond acceptors (Lipinski definition) is 4. The molecule has 0 atom stereocenters. The molecule has 1 fully saturated rings. The van der Waals surface area contributed by atoms with Crippen LogP contribution in [0.15, 0.2) is 42.5 Å². The van der Waals surface area contributed by atoms with Crippen molar-refractivity contribution in [1.82, 2.24) is 19.4 Å². The monoisotopic (exact) mass is 391 g/mol. The second kappa shape index (κ2) is 8.35. The Bertz CT molecular complexity index is 997. The molecular weight excluding hydrogens is 362 g/mol. The molecule has 1 N–H and O–H groups in total. The summed E-state index contributed by atoms with van der Waals surface area (Å²) in [4.78, 5) is 21.9. The number of carbonyl (C=O) groups is 1. The number of nitrogens with zero attached hydrogens (tertiary/aromatic N) is 4. The number of aromatic nitrogens is 2. The van der Waals surface area contributed by atoms with Crippen LogP contribution in [0.25, 0.3) is 11.0 Å². The largest absolute Gasteiger partial charge is 0.330 e. The third-order valence-corrected chi connectivity index (χ3v) is 5.58. The lowest BCUT2D eigenvalue weighted by molar-refractivity contribution is -0.117. The summed E-state index contributed by atoms with van der Waals surface area (Å²) in [5, 5.41) is 3.04. The summed E-state index contributed by atoms with van der Waals surface area (Å²) >= 11 is 0. The Morgan fingerprint density at radius 3 is 2.34 bits per heavy atom. The van der Waals surface area contributed by atoms with E-state index in [-0.39, 0.29) is 5.91 Å². The molecule has 0 aliphatic carbocycles. The number of nitrogens with one attached hydrogen (secondary N) is 1. The van der Waals surface area contributed by atoms with Gasteiger partial charge < -0.3 is 9.88 Å². The van der Waals surface area contributed by atoms with E-state index in [0.29, 0.717) is 6.54 Å². The highest BCUT2D eigenvalue weighted by Gasteiger charge is 2.20. The summed E-state index contributed by atoms with van der Waals surface area (Å²) in [7, 11) is 2.08. The molecule has 2 aromatic carbocycles. The number of aryl methyl sites for hydroxylation is 3. The summed E-state index contributed by atoms with van der Waals surface area (Å²) in [6.45, 7) is 9.05. The molecule has 3 aromatic rings. The maximum Gasteiger partial charge on any atom is 0.238 e. The molecule has 0 unspecified atom stereocenters.